The van der Waals surface area contributed by atoms with Crippen LogP contribution in [0.25, 0.3) is 0 Å². The summed E-state index contributed by atoms with van der Waals surface area (Å²) in [7, 11) is 0. The van der Waals surface area contributed by atoms with Gasteiger partial charge in [-0.1, -0.05) is 0 Å². The summed E-state index contributed by atoms with van der Waals surface area (Å²) in [5, 5.41) is 10.3. The van der Waals surface area contributed by atoms with Gasteiger partial charge in [0.2, 0.25) is 0 Å². The molecule has 5 heteroatoms. The molecule has 2 amide bonds. The number of likely N-dealkylation sites (tertiary alicyclic amines) is 1. The normalized spacial score (nSPS) is 21.5. The van der Waals surface area contributed by atoms with Crippen molar-refractivity contribution < 1.29 is 4.79 Å². The highest BCUT2D eigenvalue weighted by Crippen LogP contribution is 2.16. The number of hydrogen-bond donors (Lipinski definition) is 3. The lowest BCUT2D eigenvalue weighted by Crippen LogP contribution is -2.54. The maximum Gasteiger partial charge on any atom is 0.318 e. The highest BCUT2D eigenvalue weighted by atomic mass is 16.2. The molecule has 0 saturated carbocycles. The SMILES string of the molecule is CC(C)NC(=O)N1CCCCC1C(=N)N. The van der Waals surface area contributed by atoms with Crippen LogP contribution in [0.1, 0.15) is 33.1 Å². The van der Waals surface area contributed by atoms with Crippen LogP contribution in [0.3, 0.4) is 0 Å². The molecule has 4 N–H and O–H groups in total. The molecule has 0 bridgehead atoms. The first kappa shape index (κ1) is 11.8. The fourth-order valence-electron chi connectivity index (χ4n) is 1.83. The van der Waals surface area contributed by atoms with Crippen molar-refractivity contribution in [2.75, 3.05) is 6.54 Å². The van der Waals surface area contributed by atoms with E-state index in [1.165, 1.54) is 0 Å². The lowest BCUT2D eigenvalue weighted by molar-refractivity contribution is 0.170. The molecule has 5 nitrogen and oxygen atoms in total. The number of amidine groups is 1. The second kappa shape index (κ2) is 5.00. The zero-order chi connectivity index (χ0) is 11.4. The number of nitrogens with zero attached hydrogens (tertiary/aromatic N) is 1. The number of amides is 2. The predicted octanol–water partition coefficient (Wildman–Crippen LogP) is 0.895. The quantitative estimate of drug-likeness (QED) is 0.469. The van der Waals surface area contributed by atoms with Gasteiger partial charge in [0.25, 0.3) is 0 Å². The Kier molecular flexibility index (Phi) is 3.94. The number of rotatable bonds is 2. The Morgan fingerprint density at radius 3 is 2.73 bits per heavy atom. The third-order valence-electron chi connectivity index (χ3n) is 2.53. The summed E-state index contributed by atoms with van der Waals surface area (Å²) >= 11 is 0. The molecule has 1 saturated heterocycles. The van der Waals surface area contributed by atoms with Crippen molar-refractivity contribution in [3.63, 3.8) is 0 Å². The average molecular weight is 212 g/mol. The Balaban J connectivity index is 2.63. The summed E-state index contributed by atoms with van der Waals surface area (Å²) in [4.78, 5) is 13.5. The molecule has 1 atom stereocenters. The molecular formula is C10H20N4O. The van der Waals surface area contributed by atoms with E-state index in [-0.39, 0.29) is 24.0 Å². The second-order valence-corrected chi connectivity index (χ2v) is 4.26. The van der Waals surface area contributed by atoms with Gasteiger partial charge in [-0.15, -0.1) is 0 Å². The maximum atomic E-state index is 11.8. The fourth-order valence-corrected chi connectivity index (χ4v) is 1.83. The van der Waals surface area contributed by atoms with Crippen LogP contribution in [0.15, 0.2) is 0 Å². The molecule has 15 heavy (non-hydrogen) atoms. The number of nitrogens with two attached hydrogens (primary N) is 1. The number of urea groups is 1. The van der Waals surface area contributed by atoms with Crippen LogP contribution in [0, 0.1) is 5.41 Å². The van der Waals surface area contributed by atoms with E-state index < -0.39 is 0 Å². The van der Waals surface area contributed by atoms with Crippen LogP contribution in [-0.2, 0) is 0 Å². The van der Waals surface area contributed by atoms with Crippen molar-refractivity contribution in [3.05, 3.63) is 0 Å². The Labute approximate surface area is 90.5 Å². The number of nitrogens with one attached hydrogen (secondary N) is 2. The molecule has 1 fully saturated rings. The molecule has 0 aromatic rings. The Hall–Kier alpha value is -1.26. The van der Waals surface area contributed by atoms with E-state index in [9.17, 15) is 4.79 Å². The number of hydrogen-bond acceptors (Lipinski definition) is 2. The standard InChI is InChI=1S/C10H20N4O/c1-7(2)13-10(15)14-6-4-3-5-8(14)9(11)12/h7-8H,3-6H2,1-2H3,(H3,11,12)(H,13,15). The first-order chi connectivity index (χ1) is 7.02. The minimum absolute atomic E-state index is 0.0913. The molecule has 86 valence electrons. The van der Waals surface area contributed by atoms with Gasteiger partial charge in [0.1, 0.15) is 5.84 Å². The predicted molar refractivity (Wildman–Crippen MR) is 59.9 cm³/mol. The van der Waals surface area contributed by atoms with Gasteiger partial charge in [-0.3, -0.25) is 5.41 Å². The van der Waals surface area contributed by atoms with Crippen molar-refractivity contribution in [3.8, 4) is 0 Å². The first-order valence-corrected chi connectivity index (χ1v) is 5.43. The van der Waals surface area contributed by atoms with Gasteiger partial charge in [0.15, 0.2) is 0 Å². The molecule has 0 spiro atoms. The highest BCUT2D eigenvalue weighted by molar-refractivity contribution is 5.88. The summed E-state index contributed by atoms with van der Waals surface area (Å²) in [5.41, 5.74) is 5.49. The van der Waals surface area contributed by atoms with Crippen LogP contribution in [0.2, 0.25) is 0 Å². The molecule has 0 aliphatic carbocycles. The molecule has 1 aliphatic rings. The molecule has 0 aromatic carbocycles. The van der Waals surface area contributed by atoms with Crippen molar-refractivity contribution in [1.29, 1.82) is 5.41 Å². The van der Waals surface area contributed by atoms with Crippen molar-refractivity contribution in [1.82, 2.24) is 10.2 Å². The largest absolute Gasteiger partial charge is 0.386 e. The van der Waals surface area contributed by atoms with Gasteiger partial charge in [-0.05, 0) is 33.1 Å². The fraction of sp³-hybridized carbons (Fsp3) is 0.800. The van der Waals surface area contributed by atoms with E-state index in [0.29, 0.717) is 6.54 Å². The van der Waals surface area contributed by atoms with E-state index in [1.807, 2.05) is 13.8 Å². The van der Waals surface area contributed by atoms with Gasteiger partial charge >= 0.3 is 6.03 Å². The van der Waals surface area contributed by atoms with E-state index in [1.54, 1.807) is 4.90 Å². The van der Waals surface area contributed by atoms with E-state index in [0.717, 1.165) is 19.3 Å². The molecule has 1 aliphatic heterocycles. The second-order valence-electron chi connectivity index (χ2n) is 4.26. The lowest BCUT2D eigenvalue weighted by atomic mass is 10.0. The monoisotopic (exact) mass is 212 g/mol. The van der Waals surface area contributed by atoms with E-state index >= 15 is 0 Å². The van der Waals surface area contributed by atoms with Crippen molar-refractivity contribution in [2.45, 2.75) is 45.2 Å². The molecule has 1 unspecified atom stereocenters. The van der Waals surface area contributed by atoms with Crippen LogP contribution in [-0.4, -0.2) is 35.4 Å². The highest BCUT2D eigenvalue weighted by Gasteiger charge is 2.28. The van der Waals surface area contributed by atoms with Crippen LogP contribution < -0.4 is 11.1 Å². The van der Waals surface area contributed by atoms with E-state index in [2.05, 4.69) is 5.32 Å². The summed E-state index contributed by atoms with van der Waals surface area (Å²) < 4.78 is 0. The summed E-state index contributed by atoms with van der Waals surface area (Å²) in [6, 6.07) is -0.200. The van der Waals surface area contributed by atoms with Crippen LogP contribution in [0.4, 0.5) is 4.79 Å². The Morgan fingerprint density at radius 1 is 1.53 bits per heavy atom. The topological polar surface area (TPSA) is 82.2 Å². The molecule has 0 radical (unpaired) electrons. The van der Waals surface area contributed by atoms with Crippen LogP contribution >= 0.6 is 0 Å². The Bertz CT molecular complexity index is 252. The molecule has 0 aromatic heterocycles. The van der Waals surface area contributed by atoms with Crippen LogP contribution in [0.5, 0.6) is 0 Å². The smallest absolute Gasteiger partial charge is 0.318 e. The third-order valence-corrected chi connectivity index (χ3v) is 2.53. The minimum atomic E-state index is -0.211. The average Bonchev–Trinajstić information content (AvgIpc) is 2.16. The number of piperidine rings is 1. The number of carbonyl (C=O) groups excluding carboxylic acids is 1. The molecule has 1 heterocycles. The summed E-state index contributed by atoms with van der Waals surface area (Å²) in [6.45, 7) is 4.54. The van der Waals surface area contributed by atoms with Crippen molar-refractivity contribution in [2.24, 2.45) is 5.73 Å². The van der Waals surface area contributed by atoms with Crippen molar-refractivity contribution >= 4 is 11.9 Å². The van der Waals surface area contributed by atoms with Gasteiger partial charge in [-0.2, -0.15) is 0 Å². The summed E-state index contributed by atoms with van der Waals surface area (Å²) in [6.07, 6.45) is 2.84. The molecule has 1 rings (SSSR count). The summed E-state index contributed by atoms with van der Waals surface area (Å²) in [5.74, 6) is 0.0913. The molecular weight excluding hydrogens is 192 g/mol. The first-order valence-electron chi connectivity index (χ1n) is 5.43. The van der Waals surface area contributed by atoms with E-state index in [4.69, 9.17) is 11.1 Å². The van der Waals surface area contributed by atoms with Gasteiger partial charge in [-0.25, -0.2) is 4.79 Å². The van der Waals surface area contributed by atoms with Gasteiger partial charge in [0, 0.05) is 12.6 Å². The minimum Gasteiger partial charge on any atom is -0.386 e. The van der Waals surface area contributed by atoms with Gasteiger partial charge in [0.05, 0.1) is 6.04 Å². The zero-order valence-corrected chi connectivity index (χ0v) is 9.42. The Morgan fingerprint density at radius 2 is 2.20 bits per heavy atom. The number of carbonyl (C=O) groups is 1. The van der Waals surface area contributed by atoms with Gasteiger partial charge < -0.3 is 16.0 Å². The maximum absolute atomic E-state index is 11.8. The zero-order valence-electron chi connectivity index (χ0n) is 9.42. The lowest BCUT2D eigenvalue weighted by Gasteiger charge is -2.35. The third kappa shape index (κ3) is 3.11.